The van der Waals surface area contributed by atoms with Gasteiger partial charge in [-0.3, -0.25) is 10.1 Å². The number of aromatic amines is 1. The van der Waals surface area contributed by atoms with E-state index in [4.69, 9.17) is 0 Å². The number of fused-ring (bicyclic) bond motifs is 1. The molecule has 1 aromatic heterocycles. The third kappa shape index (κ3) is 1.56. The van der Waals surface area contributed by atoms with Crippen LogP contribution in [0.1, 0.15) is 18.5 Å². The Morgan fingerprint density at radius 2 is 2.06 bits per heavy atom. The number of nitrogens with zero attached hydrogens (tertiary/aromatic N) is 2. The first-order valence-corrected chi connectivity index (χ1v) is 5.67. The van der Waals surface area contributed by atoms with E-state index in [9.17, 15) is 0 Å². The second kappa shape index (κ2) is 3.96. The van der Waals surface area contributed by atoms with Gasteiger partial charge in [0.25, 0.3) is 0 Å². The van der Waals surface area contributed by atoms with Crippen LogP contribution in [-0.4, -0.2) is 29.1 Å². The fourth-order valence-corrected chi connectivity index (χ4v) is 1.99. The van der Waals surface area contributed by atoms with E-state index in [2.05, 4.69) is 26.6 Å². The number of hydrogen-bond donors (Lipinski definition) is 2. The minimum Gasteiger partial charge on any atom is -0.369 e. The number of nitrogens with one attached hydrogen (secondary N) is 2. The summed E-state index contributed by atoms with van der Waals surface area (Å²) in [5, 5.41) is 11.9. The average molecular weight is 214 g/mol. The predicted molar refractivity (Wildman–Crippen MR) is 64.7 cm³/mol. The number of rotatable bonds is 1. The van der Waals surface area contributed by atoms with Gasteiger partial charge in [0.2, 0.25) is 0 Å². The highest BCUT2D eigenvalue weighted by Crippen LogP contribution is 2.15. The Morgan fingerprint density at radius 1 is 1.12 bits per heavy atom. The van der Waals surface area contributed by atoms with E-state index in [0.717, 1.165) is 41.9 Å². The van der Waals surface area contributed by atoms with Gasteiger partial charge in [-0.05, 0) is 18.9 Å². The van der Waals surface area contributed by atoms with E-state index in [1.165, 1.54) is 6.42 Å². The van der Waals surface area contributed by atoms with Gasteiger partial charge in [0.1, 0.15) is 11.5 Å². The van der Waals surface area contributed by atoms with Crippen LogP contribution < -0.4 is 5.32 Å². The van der Waals surface area contributed by atoms with Crippen molar-refractivity contribution < 1.29 is 0 Å². The predicted octanol–water partition coefficient (Wildman–Crippen LogP) is 1.69. The topological polar surface area (TPSA) is 53.1 Å². The largest absolute Gasteiger partial charge is 0.369 e. The molecule has 0 radical (unpaired) electrons. The van der Waals surface area contributed by atoms with Gasteiger partial charge in [0.05, 0.1) is 5.52 Å². The fourth-order valence-electron chi connectivity index (χ4n) is 1.99. The molecule has 0 atom stereocenters. The molecule has 1 aliphatic heterocycles. The van der Waals surface area contributed by atoms with Crippen LogP contribution in [-0.2, 0) is 0 Å². The van der Waals surface area contributed by atoms with E-state index in [1.54, 1.807) is 0 Å². The number of hydrogen-bond acceptors (Lipinski definition) is 3. The zero-order chi connectivity index (χ0) is 10.8. The van der Waals surface area contributed by atoms with Crippen molar-refractivity contribution in [2.45, 2.75) is 12.8 Å². The summed E-state index contributed by atoms with van der Waals surface area (Å²) in [4.78, 5) is 4.54. The first kappa shape index (κ1) is 9.39. The number of aromatic nitrogens is 2. The van der Waals surface area contributed by atoms with Gasteiger partial charge >= 0.3 is 0 Å². The molecule has 0 unspecified atom stereocenters. The third-order valence-corrected chi connectivity index (χ3v) is 2.84. The summed E-state index contributed by atoms with van der Waals surface area (Å²) in [5.41, 5.74) is 2.00. The van der Waals surface area contributed by atoms with Crippen molar-refractivity contribution >= 4 is 16.7 Å². The van der Waals surface area contributed by atoms with Gasteiger partial charge in [-0.25, -0.2) is 0 Å². The van der Waals surface area contributed by atoms with Crippen molar-refractivity contribution in [2.24, 2.45) is 4.99 Å². The maximum Gasteiger partial charge on any atom is 0.149 e. The van der Waals surface area contributed by atoms with Crippen LogP contribution in [0.4, 0.5) is 0 Å². The molecule has 2 heterocycles. The van der Waals surface area contributed by atoms with Crippen molar-refractivity contribution in [3.8, 4) is 0 Å². The number of benzene rings is 1. The highest BCUT2D eigenvalue weighted by Gasteiger charge is 2.12. The molecule has 0 bridgehead atoms. The highest BCUT2D eigenvalue weighted by molar-refractivity contribution is 6.07. The number of H-pyrrole nitrogens is 1. The lowest BCUT2D eigenvalue weighted by atomic mass is 10.2. The molecule has 0 spiro atoms. The Balaban J connectivity index is 2.07. The van der Waals surface area contributed by atoms with E-state index in [0.29, 0.717) is 0 Å². The monoisotopic (exact) mass is 214 g/mol. The van der Waals surface area contributed by atoms with Crippen LogP contribution >= 0.6 is 0 Å². The molecule has 0 amide bonds. The Morgan fingerprint density at radius 3 is 3.06 bits per heavy atom. The molecular formula is C12H14N4. The van der Waals surface area contributed by atoms with Crippen LogP contribution in [0, 0.1) is 0 Å². The van der Waals surface area contributed by atoms with Gasteiger partial charge in [0.15, 0.2) is 0 Å². The summed E-state index contributed by atoms with van der Waals surface area (Å²) in [6.07, 6.45) is 2.33. The minimum absolute atomic E-state index is 0.892. The van der Waals surface area contributed by atoms with Gasteiger partial charge in [-0.1, -0.05) is 18.2 Å². The first-order chi connectivity index (χ1) is 7.95. The minimum atomic E-state index is 0.892. The van der Waals surface area contributed by atoms with Gasteiger partial charge in [-0.2, -0.15) is 5.10 Å². The molecule has 82 valence electrons. The van der Waals surface area contributed by atoms with Crippen molar-refractivity contribution in [1.29, 1.82) is 0 Å². The standard InChI is InChI=1S/C12H14N4/c1-2-6-10-9(5-1)11(16-15-10)12-13-7-3-4-8-14-12/h1-2,5-6H,3-4,7-8H2,(H,13,14)(H,15,16). The van der Waals surface area contributed by atoms with Crippen molar-refractivity contribution in [3.63, 3.8) is 0 Å². The van der Waals surface area contributed by atoms with Gasteiger partial charge < -0.3 is 5.32 Å². The number of amidine groups is 1. The van der Waals surface area contributed by atoms with E-state index in [-0.39, 0.29) is 0 Å². The van der Waals surface area contributed by atoms with E-state index in [1.807, 2.05) is 18.2 Å². The summed E-state index contributed by atoms with van der Waals surface area (Å²) < 4.78 is 0. The zero-order valence-electron chi connectivity index (χ0n) is 9.03. The maximum absolute atomic E-state index is 4.54. The third-order valence-electron chi connectivity index (χ3n) is 2.84. The molecule has 0 aliphatic carbocycles. The molecule has 2 aromatic rings. The smallest absolute Gasteiger partial charge is 0.149 e. The summed E-state index contributed by atoms with van der Waals surface area (Å²) >= 11 is 0. The molecule has 2 N–H and O–H groups in total. The molecule has 4 heteroatoms. The second-order valence-electron chi connectivity index (χ2n) is 3.98. The molecule has 1 aliphatic rings. The lowest BCUT2D eigenvalue weighted by Crippen LogP contribution is -2.24. The Hall–Kier alpha value is -1.84. The lowest BCUT2D eigenvalue weighted by Gasteiger charge is -2.03. The summed E-state index contributed by atoms with van der Waals surface area (Å²) in [5.74, 6) is 0.926. The van der Waals surface area contributed by atoms with Crippen LogP contribution in [0.5, 0.6) is 0 Å². The molecule has 4 nitrogen and oxygen atoms in total. The van der Waals surface area contributed by atoms with Crippen molar-refractivity contribution in [2.75, 3.05) is 13.1 Å². The molecule has 1 aromatic carbocycles. The van der Waals surface area contributed by atoms with Crippen LogP contribution in [0.25, 0.3) is 10.9 Å². The van der Waals surface area contributed by atoms with E-state index >= 15 is 0 Å². The summed E-state index contributed by atoms with van der Waals surface area (Å²) in [6.45, 7) is 1.88. The van der Waals surface area contributed by atoms with Gasteiger partial charge in [-0.15, -0.1) is 0 Å². The molecule has 0 saturated carbocycles. The second-order valence-corrected chi connectivity index (χ2v) is 3.98. The van der Waals surface area contributed by atoms with E-state index < -0.39 is 0 Å². The first-order valence-electron chi connectivity index (χ1n) is 5.67. The summed E-state index contributed by atoms with van der Waals surface area (Å²) in [7, 11) is 0. The molecule has 0 saturated heterocycles. The maximum atomic E-state index is 4.54. The number of para-hydroxylation sites is 1. The molecular weight excluding hydrogens is 200 g/mol. The van der Waals surface area contributed by atoms with Crippen LogP contribution in [0.2, 0.25) is 0 Å². The lowest BCUT2D eigenvalue weighted by molar-refractivity contribution is 0.749. The van der Waals surface area contributed by atoms with Crippen LogP contribution in [0.3, 0.4) is 0 Å². The van der Waals surface area contributed by atoms with Crippen LogP contribution in [0.15, 0.2) is 29.3 Å². The fraction of sp³-hybridized carbons (Fsp3) is 0.333. The Labute approximate surface area is 93.8 Å². The Kier molecular flexibility index (Phi) is 2.33. The summed E-state index contributed by atoms with van der Waals surface area (Å²) in [6, 6.07) is 8.14. The molecule has 3 rings (SSSR count). The normalized spacial score (nSPS) is 16.6. The highest BCUT2D eigenvalue weighted by atomic mass is 15.1. The van der Waals surface area contributed by atoms with Crippen molar-refractivity contribution in [3.05, 3.63) is 30.0 Å². The molecule has 0 fully saturated rings. The number of aliphatic imine (C=N–C) groups is 1. The molecule has 16 heavy (non-hydrogen) atoms. The SMILES string of the molecule is c1ccc2c(C3=NCCCCN3)n[nH]c2c1. The zero-order valence-corrected chi connectivity index (χ0v) is 9.03. The van der Waals surface area contributed by atoms with Crippen molar-refractivity contribution in [1.82, 2.24) is 15.5 Å². The quantitative estimate of drug-likeness (QED) is 0.759. The van der Waals surface area contributed by atoms with Gasteiger partial charge in [0, 0.05) is 18.5 Å². The average Bonchev–Trinajstić information content (AvgIpc) is 2.57. The Bertz CT molecular complexity index is 527.